The Morgan fingerprint density at radius 1 is 1.29 bits per heavy atom. The van der Waals surface area contributed by atoms with Gasteiger partial charge in [0.25, 0.3) is 5.91 Å². The van der Waals surface area contributed by atoms with Crippen LogP contribution >= 0.6 is 11.3 Å². The molecular formula is C16H19N3O4S. The van der Waals surface area contributed by atoms with E-state index in [-0.39, 0.29) is 5.91 Å². The van der Waals surface area contributed by atoms with Crippen LogP contribution in [0.3, 0.4) is 0 Å². The molecule has 1 N–H and O–H groups in total. The van der Waals surface area contributed by atoms with Crippen LogP contribution in [0.15, 0.2) is 29.6 Å². The quantitative estimate of drug-likeness (QED) is 0.772. The van der Waals surface area contributed by atoms with E-state index in [1.54, 1.807) is 36.8 Å². The molecule has 0 saturated carbocycles. The number of aromatic nitrogens is 1. The van der Waals surface area contributed by atoms with Gasteiger partial charge in [0, 0.05) is 26.1 Å². The van der Waals surface area contributed by atoms with Gasteiger partial charge in [0.2, 0.25) is 0 Å². The zero-order valence-electron chi connectivity index (χ0n) is 13.7. The van der Waals surface area contributed by atoms with Crippen molar-refractivity contribution in [3.63, 3.8) is 0 Å². The molecule has 2 aromatic rings. The summed E-state index contributed by atoms with van der Waals surface area (Å²) in [4.78, 5) is 30.3. The molecule has 7 nitrogen and oxygen atoms in total. The van der Waals surface area contributed by atoms with Crippen molar-refractivity contribution in [2.24, 2.45) is 0 Å². The highest BCUT2D eigenvalue weighted by Crippen LogP contribution is 2.21. The topological polar surface area (TPSA) is 80.8 Å². The normalized spacial score (nSPS) is 10.3. The van der Waals surface area contributed by atoms with Gasteiger partial charge in [0.1, 0.15) is 5.69 Å². The maximum absolute atomic E-state index is 12.4. The molecule has 8 heteroatoms. The van der Waals surface area contributed by atoms with Crippen LogP contribution in [0.25, 0.3) is 0 Å². The lowest BCUT2D eigenvalue weighted by Gasteiger charge is -2.14. The molecule has 0 saturated heterocycles. The Hall–Kier alpha value is -2.45. The summed E-state index contributed by atoms with van der Waals surface area (Å²) in [6.45, 7) is 1.25. The zero-order valence-corrected chi connectivity index (χ0v) is 14.6. The Balaban J connectivity index is 2.11. The lowest BCUT2D eigenvalue weighted by atomic mass is 10.2. The first kappa shape index (κ1) is 17.9. The smallest absolute Gasteiger partial charge is 0.339 e. The number of anilines is 2. The number of nitrogens with one attached hydrogen (secondary N) is 1. The molecule has 0 aliphatic heterocycles. The van der Waals surface area contributed by atoms with Gasteiger partial charge in [0.15, 0.2) is 5.13 Å². The fraction of sp³-hybridized carbons (Fsp3) is 0.312. The number of carbonyl (C=O) groups is 2. The number of ether oxygens (including phenoxy) is 2. The van der Waals surface area contributed by atoms with Gasteiger partial charge in [-0.05, 0) is 12.1 Å². The largest absolute Gasteiger partial charge is 0.465 e. The summed E-state index contributed by atoms with van der Waals surface area (Å²) in [5.41, 5.74) is 0.969. The van der Waals surface area contributed by atoms with E-state index >= 15 is 0 Å². The van der Waals surface area contributed by atoms with Crippen molar-refractivity contribution in [1.29, 1.82) is 0 Å². The summed E-state index contributed by atoms with van der Waals surface area (Å²) in [5.74, 6) is -0.891. The van der Waals surface area contributed by atoms with Gasteiger partial charge in [0.05, 0.1) is 25.0 Å². The first-order chi connectivity index (χ1) is 11.6. The number of benzene rings is 1. The third-order valence-electron chi connectivity index (χ3n) is 3.26. The molecule has 0 bridgehead atoms. The van der Waals surface area contributed by atoms with E-state index in [0.717, 1.165) is 5.13 Å². The van der Waals surface area contributed by atoms with E-state index in [4.69, 9.17) is 9.47 Å². The van der Waals surface area contributed by atoms with Gasteiger partial charge in [-0.3, -0.25) is 4.79 Å². The number of methoxy groups -OCH3 is 2. The average molecular weight is 349 g/mol. The molecule has 0 atom stereocenters. The van der Waals surface area contributed by atoms with Crippen molar-refractivity contribution >= 4 is 34.0 Å². The van der Waals surface area contributed by atoms with Crippen molar-refractivity contribution < 1.29 is 19.1 Å². The number of thiazole rings is 1. The van der Waals surface area contributed by atoms with Crippen LogP contribution in [-0.2, 0) is 9.47 Å². The summed E-state index contributed by atoms with van der Waals surface area (Å²) in [6.07, 6.45) is 0. The van der Waals surface area contributed by atoms with Crippen molar-refractivity contribution in [2.45, 2.75) is 0 Å². The molecular weight excluding hydrogens is 330 g/mol. The molecule has 2 rings (SSSR count). The Morgan fingerprint density at radius 3 is 2.75 bits per heavy atom. The fourth-order valence-electron chi connectivity index (χ4n) is 1.93. The van der Waals surface area contributed by atoms with Crippen LogP contribution in [0.5, 0.6) is 0 Å². The number of hydrogen-bond donors (Lipinski definition) is 1. The van der Waals surface area contributed by atoms with E-state index in [1.165, 1.54) is 18.4 Å². The van der Waals surface area contributed by atoms with Crippen molar-refractivity contribution in [2.75, 3.05) is 44.6 Å². The molecule has 1 amide bonds. The second-order valence-corrected chi connectivity index (χ2v) is 5.76. The first-order valence-electron chi connectivity index (χ1n) is 7.21. The third-order valence-corrected chi connectivity index (χ3v) is 4.22. The SMILES string of the molecule is COCCN(C)c1nc(C(=O)Nc2ccccc2C(=O)OC)cs1. The molecule has 0 radical (unpaired) electrons. The highest BCUT2D eigenvalue weighted by Gasteiger charge is 2.17. The maximum Gasteiger partial charge on any atom is 0.339 e. The van der Waals surface area contributed by atoms with Gasteiger partial charge < -0.3 is 19.7 Å². The van der Waals surface area contributed by atoms with Crippen LogP contribution in [0.4, 0.5) is 10.8 Å². The molecule has 1 aromatic carbocycles. The molecule has 1 aromatic heterocycles. The van der Waals surface area contributed by atoms with Gasteiger partial charge in [-0.1, -0.05) is 12.1 Å². The summed E-state index contributed by atoms with van der Waals surface area (Å²) in [5, 5.41) is 5.09. The van der Waals surface area contributed by atoms with Gasteiger partial charge >= 0.3 is 5.97 Å². The number of hydrogen-bond acceptors (Lipinski definition) is 7. The van der Waals surface area contributed by atoms with E-state index < -0.39 is 5.97 Å². The molecule has 0 aliphatic rings. The van der Waals surface area contributed by atoms with Crippen LogP contribution < -0.4 is 10.2 Å². The predicted molar refractivity (Wildman–Crippen MR) is 93.0 cm³/mol. The number of para-hydroxylation sites is 1. The molecule has 0 fully saturated rings. The minimum absolute atomic E-state index is 0.291. The summed E-state index contributed by atoms with van der Waals surface area (Å²) >= 11 is 1.37. The van der Waals surface area contributed by atoms with E-state index in [2.05, 4.69) is 10.3 Å². The van der Waals surface area contributed by atoms with Crippen molar-refractivity contribution in [3.05, 3.63) is 40.9 Å². The number of esters is 1. The van der Waals surface area contributed by atoms with Gasteiger partial charge in [-0.25, -0.2) is 9.78 Å². The molecule has 24 heavy (non-hydrogen) atoms. The van der Waals surface area contributed by atoms with Crippen LogP contribution in [0.2, 0.25) is 0 Å². The van der Waals surface area contributed by atoms with Crippen LogP contribution in [0.1, 0.15) is 20.8 Å². The Morgan fingerprint density at radius 2 is 2.04 bits per heavy atom. The molecule has 0 aliphatic carbocycles. The fourth-order valence-corrected chi connectivity index (χ4v) is 2.73. The molecule has 0 unspecified atom stereocenters. The minimum atomic E-state index is -0.510. The van der Waals surface area contributed by atoms with Crippen LogP contribution in [0, 0.1) is 0 Å². The third kappa shape index (κ3) is 4.30. The van der Waals surface area contributed by atoms with E-state index in [0.29, 0.717) is 30.1 Å². The van der Waals surface area contributed by atoms with Crippen molar-refractivity contribution in [1.82, 2.24) is 4.98 Å². The number of amides is 1. The van der Waals surface area contributed by atoms with Gasteiger partial charge in [-0.2, -0.15) is 0 Å². The molecule has 0 spiro atoms. The maximum atomic E-state index is 12.4. The lowest BCUT2D eigenvalue weighted by Crippen LogP contribution is -2.22. The second kappa shape index (κ2) is 8.42. The Kier molecular flexibility index (Phi) is 6.28. The Bertz CT molecular complexity index is 717. The second-order valence-electron chi connectivity index (χ2n) is 4.92. The highest BCUT2D eigenvalue weighted by atomic mass is 32.1. The number of rotatable bonds is 7. The monoisotopic (exact) mass is 349 g/mol. The number of carbonyl (C=O) groups excluding carboxylic acids is 2. The molecule has 1 heterocycles. The summed E-state index contributed by atoms with van der Waals surface area (Å²) in [6, 6.07) is 6.66. The average Bonchev–Trinajstić information content (AvgIpc) is 3.09. The summed E-state index contributed by atoms with van der Waals surface area (Å²) in [7, 11) is 4.81. The van der Waals surface area contributed by atoms with E-state index in [1.807, 2.05) is 11.9 Å². The van der Waals surface area contributed by atoms with Crippen molar-refractivity contribution in [3.8, 4) is 0 Å². The van der Waals surface area contributed by atoms with E-state index in [9.17, 15) is 9.59 Å². The highest BCUT2D eigenvalue weighted by molar-refractivity contribution is 7.13. The number of nitrogens with zero attached hydrogens (tertiary/aromatic N) is 2. The minimum Gasteiger partial charge on any atom is -0.465 e. The predicted octanol–water partition coefficient (Wildman–Crippen LogP) is 2.26. The first-order valence-corrected chi connectivity index (χ1v) is 8.09. The summed E-state index contributed by atoms with van der Waals surface area (Å²) < 4.78 is 9.74. The lowest BCUT2D eigenvalue weighted by molar-refractivity contribution is 0.0602. The van der Waals surface area contributed by atoms with Gasteiger partial charge in [-0.15, -0.1) is 11.3 Å². The molecule has 128 valence electrons. The standard InChI is InChI=1S/C16H19N3O4S/c1-19(8-9-22-2)16-18-13(10-24-16)14(20)17-12-7-5-4-6-11(12)15(21)23-3/h4-7,10H,8-9H2,1-3H3,(H,17,20). The van der Waals surface area contributed by atoms with Crippen LogP contribution in [-0.4, -0.2) is 51.3 Å². The zero-order chi connectivity index (χ0) is 17.5. The Labute approximate surface area is 144 Å². The number of likely N-dealkylation sites (N-methyl/N-ethyl adjacent to an activating group) is 1.